The minimum atomic E-state index is 0.268. The Morgan fingerprint density at radius 1 is 1.38 bits per heavy atom. The van der Waals surface area contributed by atoms with Crippen molar-refractivity contribution in [1.82, 2.24) is 9.97 Å². The van der Waals surface area contributed by atoms with Crippen LogP contribution in [0.2, 0.25) is 0 Å². The molecule has 0 bridgehead atoms. The monoisotopic (exact) mass is 285 g/mol. The van der Waals surface area contributed by atoms with Crippen molar-refractivity contribution in [3.63, 3.8) is 0 Å². The summed E-state index contributed by atoms with van der Waals surface area (Å²) in [5, 5.41) is 12.3. The first kappa shape index (κ1) is 11.8. The molecule has 16 heavy (non-hydrogen) atoms. The summed E-state index contributed by atoms with van der Waals surface area (Å²) in [6.45, 7) is 0.268. The zero-order valence-corrected chi connectivity index (χ0v) is 10.7. The second kappa shape index (κ2) is 5.59. The highest BCUT2D eigenvalue weighted by Crippen LogP contribution is 2.30. The Bertz CT molecular complexity index is 331. The van der Waals surface area contributed by atoms with Crippen LogP contribution in [0.4, 0.5) is 5.95 Å². The summed E-state index contributed by atoms with van der Waals surface area (Å²) in [4.78, 5) is 8.41. The van der Waals surface area contributed by atoms with Crippen LogP contribution >= 0.6 is 15.9 Å². The molecule has 1 aliphatic carbocycles. The van der Waals surface area contributed by atoms with Gasteiger partial charge in [0.1, 0.15) is 0 Å². The summed E-state index contributed by atoms with van der Waals surface area (Å²) < 4.78 is 0.886. The van der Waals surface area contributed by atoms with Crippen molar-refractivity contribution in [3.05, 3.63) is 16.9 Å². The Kier molecular flexibility index (Phi) is 4.12. The van der Waals surface area contributed by atoms with Crippen LogP contribution in [0, 0.1) is 5.92 Å². The van der Waals surface area contributed by atoms with Crippen LogP contribution in [-0.4, -0.2) is 27.7 Å². The summed E-state index contributed by atoms with van der Waals surface area (Å²) in [7, 11) is 0. The molecule has 0 aliphatic heterocycles. The normalized spacial score (nSPS) is 24.6. The number of rotatable bonds is 4. The number of hydrogen-bond donors (Lipinski definition) is 2. The smallest absolute Gasteiger partial charge is 0.222 e. The van der Waals surface area contributed by atoms with E-state index in [-0.39, 0.29) is 6.61 Å². The first-order valence-electron chi connectivity index (χ1n) is 5.64. The number of hydrogen-bond acceptors (Lipinski definition) is 4. The molecule has 88 valence electrons. The molecule has 1 aliphatic rings. The van der Waals surface area contributed by atoms with E-state index in [0.717, 1.165) is 17.3 Å². The van der Waals surface area contributed by atoms with Crippen molar-refractivity contribution < 1.29 is 5.11 Å². The average Bonchev–Trinajstić information content (AvgIpc) is 2.70. The van der Waals surface area contributed by atoms with Gasteiger partial charge in [-0.05, 0) is 41.1 Å². The number of nitrogens with one attached hydrogen (secondary N) is 1. The van der Waals surface area contributed by atoms with Crippen molar-refractivity contribution in [1.29, 1.82) is 0 Å². The van der Waals surface area contributed by atoms with Crippen LogP contribution in [0.5, 0.6) is 0 Å². The van der Waals surface area contributed by atoms with E-state index in [4.69, 9.17) is 5.11 Å². The van der Waals surface area contributed by atoms with Crippen LogP contribution in [0.25, 0.3) is 0 Å². The number of halogens is 1. The molecule has 1 aromatic rings. The topological polar surface area (TPSA) is 58.0 Å². The molecule has 2 atom stereocenters. The van der Waals surface area contributed by atoms with Crippen molar-refractivity contribution >= 4 is 21.9 Å². The molecule has 0 aromatic carbocycles. The Labute approximate surface area is 104 Å². The van der Waals surface area contributed by atoms with E-state index in [0.29, 0.717) is 17.9 Å². The highest BCUT2D eigenvalue weighted by Gasteiger charge is 2.26. The Hall–Kier alpha value is -0.680. The maximum Gasteiger partial charge on any atom is 0.222 e. The quantitative estimate of drug-likeness (QED) is 0.891. The zero-order chi connectivity index (χ0) is 11.4. The van der Waals surface area contributed by atoms with Crippen LogP contribution < -0.4 is 5.32 Å². The summed E-state index contributed by atoms with van der Waals surface area (Å²) in [5.74, 6) is 1.23. The zero-order valence-electron chi connectivity index (χ0n) is 9.06. The average molecular weight is 286 g/mol. The van der Waals surface area contributed by atoms with Gasteiger partial charge < -0.3 is 10.4 Å². The van der Waals surface area contributed by atoms with Gasteiger partial charge in [-0.25, -0.2) is 9.97 Å². The first-order valence-corrected chi connectivity index (χ1v) is 6.44. The molecule has 2 rings (SSSR count). The van der Waals surface area contributed by atoms with E-state index in [9.17, 15) is 0 Å². The van der Waals surface area contributed by atoms with Crippen LogP contribution in [-0.2, 0) is 0 Å². The molecular formula is C11H16BrN3O. The minimum absolute atomic E-state index is 0.268. The Balaban J connectivity index is 1.95. The summed E-state index contributed by atoms with van der Waals surface area (Å²) in [5.41, 5.74) is 0. The molecule has 1 fully saturated rings. The second-order valence-corrected chi connectivity index (χ2v) is 5.09. The number of anilines is 1. The third-order valence-corrected chi connectivity index (χ3v) is 3.50. The molecule has 1 heterocycles. The molecule has 0 radical (unpaired) electrons. The predicted octanol–water partition coefficient (Wildman–Crippen LogP) is 2.20. The predicted molar refractivity (Wildman–Crippen MR) is 66.2 cm³/mol. The fourth-order valence-corrected chi connectivity index (χ4v) is 2.50. The van der Waals surface area contributed by atoms with Gasteiger partial charge in [0.15, 0.2) is 0 Å². The van der Waals surface area contributed by atoms with Gasteiger partial charge in [0.2, 0.25) is 5.95 Å². The third kappa shape index (κ3) is 2.92. The lowest BCUT2D eigenvalue weighted by molar-refractivity contribution is 0.254. The van der Waals surface area contributed by atoms with Gasteiger partial charge in [-0.3, -0.25) is 0 Å². The lowest BCUT2D eigenvalue weighted by atomic mass is 10.0. The van der Waals surface area contributed by atoms with Gasteiger partial charge in [-0.2, -0.15) is 0 Å². The summed E-state index contributed by atoms with van der Waals surface area (Å²) in [6, 6.07) is 0.410. The second-order valence-electron chi connectivity index (χ2n) is 4.18. The summed E-state index contributed by atoms with van der Waals surface area (Å²) >= 11 is 3.31. The highest BCUT2D eigenvalue weighted by molar-refractivity contribution is 9.10. The Morgan fingerprint density at radius 3 is 2.81 bits per heavy atom. The van der Waals surface area contributed by atoms with Gasteiger partial charge in [0.25, 0.3) is 0 Å². The van der Waals surface area contributed by atoms with Crippen molar-refractivity contribution in [3.8, 4) is 0 Å². The van der Waals surface area contributed by atoms with Crippen molar-refractivity contribution in [2.45, 2.75) is 31.7 Å². The van der Waals surface area contributed by atoms with Crippen LogP contribution in [0.1, 0.15) is 25.7 Å². The van der Waals surface area contributed by atoms with Gasteiger partial charge in [0.05, 0.1) is 4.47 Å². The number of aromatic nitrogens is 2. The summed E-state index contributed by atoms with van der Waals surface area (Å²) in [6.07, 6.45) is 7.91. The molecule has 0 amide bonds. The van der Waals surface area contributed by atoms with Gasteiger partial charge in [0, 0.05) is 25.0 Å². The van der Waals surface area contributed by atoms with Crippen LogP contribution in [0.3, 0.4) is 0 Å². The van der Waals surface area contributed by atoms with E-state index >= 15 is 0 Å². The van der Waals surface area contributed by atoms with Gasteiger partial charge in [-0.15, -0.1) is 0 Å². The van der Waals surface area contributed by atoms with Crippen molar-refractivity contribution in [2.24, 2.45) is 5.92 Å². The molecule has 0 spiro atoms. The molecule has 2 unspecified atom stereocenters. The molecule has 0 saturated heterocycles. The fraction of sp³-hybridized carbons (Fsp3) is 0.636. The molecule has 1 aromatic heterocycles. The molecule has 4 nitrogen and oxygen atoms in total. The molecule has 2 N–H and O–H groups in total. The number of nitrogens with zero attached hydrogens (tertiary/aromatic N) is 2. The fourth-order valence-electron chi connectivity index (χ4n) is 2.29. The van der Waals surface area contributed by atoms with E-state index in [1.54, 1.807) is 12.4 Å². The van der Waals surface area contributed by atoms with E-state index < -0.39 is 0 Å². The Morgan fingerprint density at radius 2 is 2.12 bits per heavy atom. The lowest BCUT2D eigenvalue weighted by Crippen LogP contribution is -2.25. The van der Waals surface area contributed by atoms with E-state index in [1.165, 1.54) is 12.8 Å². The number of aliphatic hydroxyl groups excluding tert-OH is 1. The molecule has 1 saturated carbocycles. The standard InChI is InChI=1S/C11H16BrN3O/c12-9-6-13-11(14-7-9)15-10-3-1-2-8(10)4-5-16/h6-8,10,16H,1-5H2,(H,13,14,15). The van der Waals surface area contributed by atoms with Gasteiger partial charge >= 0.3 is 0 Å². The van der Waals surface area contributed by atoms with E-state index in [2.05, 4.69) is 31.2 Å². The number of aliphatic hydroxyl groups is 1. The maximum atomic E-state index is 8.98. The minimum Gasteiger partial charge on any atom is -0.396 e. The molecular weight excluding hydrogens is 270 g/mol. The van der Waals surface area contributed by atoms with Crippen LogP contribution in [0.15, 0.2) is 16.9 Å². The SMILES string of the molecule is OCCC1CCCC1Nc1ncc(Br)cn1. The van der Waals surface area contributed by atoms with Crippen molar-refractivity contribution in [2.75, 3.05) is 11.9 Å². The molecule has 5 heteroatoms. The largest absolute Gasteiger partial charge is 0.396 e. The first-order chi connectivity index (χ1) is 7.79. The lowest BCUT2D eigenvalue weighted by Gasteiger charge is -2.19. The maximum absolute atomic E-state index is 8.98. The van der Waals surface area contributed by atoms with Gasteiger partial charge in [-0.1, -0.05) is 6.42 Å². The highest BCUT2D eigenvalue weighted by atomic mass is 79.9. The van der Waals surface area contributed by atoms with E-state index in [1.807, 2.05) is 0 Å². The third-order valence-electron chi connectivity index (χ3n) is 3.09.